The first-order chi connectivity index (χ1) is 12.4. The minimum atomic E-state index is -3.96. The average Bonchev–Trinajstić information content (AvgIpc) is 2.52. The van der Waals surface area contributed by atoms with Crippen LogP contribution in [0.25, 0.3) is 0 Å². The number of aryl methyl sites for hydroxylation is 1. The molecule has 1 atom stereocenters. The van der Waals surface area contributed by atoms with Crippen LogP contribution in [0.2, 0.25) is 0 Å². The van der Waals surface area contributed by atoms with Crippen LogP contribution in [0.1, 0.15) is 39.7 Å². The van der Waals surface area contributed by atoms with Gasteiger partial charge in [0.1, 0.15) is 11.6 Å². The molecule has 1 aromatic carbocycles. The van der Waals surface area contributed by atoms with Gasteiger partial charge in [-0.1, -0.05) is 17.7 Å². The van der Waals surface area contributed by atoms with Crippen LogP contribution in [0.5, 0.6) is 0 Å². The predicted octanol–water partition coefficient (Wildman–Crippen LogP) is 2.55. The molecule has 0 aromatic heterocycles. The molecule has 8 nitrogen and oxygen atoms in total. The van der Waals surface area contributed by atoms with Crippen LogP contribution < -0.4 is 5.32 Å². The van der Waals surface area contributed by atoms with Crippen molar-refractivity contribution in [1.29, 1.82) is 0 Å². The van der Waals surface area contributed by atoms with Crippen LogP contribution in [0.3, 0.4) is 0 Å². The fourth-order valence-corrected chi connectivity index (χ4v) is 2.91. The Labute approximate surface area is 160 Å². The Balaban J connectivity index is 2.71. The molecule has 1 aromatic rings. The molecule has 1 rings (SSSR count). The first-order valence-electron chi connectivity index (χ1n) is 8.57. The Kier molecular flexibility index (Phi) is 8.23. The number of hydrogen-bond acceptors (Lipinski definition) is 7. The number of rotatable bonds is 8. The number of benzene rings is 1. The van der Waals surface area contributed by atoms with Gasteiger partial charge in [-0.3, -0.25) is 4.18 Å². The van der Waals surface area contributed by atoms with E-state index in [4.69, 9.17) is 13.7 Å². The fraction of sp³-hybridized carbons (Fsp3) is 0.556. The van der Waals surface area contributed by atoms with Crippen molar-refractivity contribution in [3.05, 3.63) is 29.8 Å². The summed E-state index contributed by atoms with van der Waals surface area (Å²) < 4.78 is 39.3. The molecule has 0 aliphatic carbocycles. The topological polar surface area (TPSA) is 108 Å². The average molecular weight is 401 g/mol. The molecule has 9 heteroatoms. The number of carbonyl (C=O) groups excluding carboxylic acids is 2. The van der Waals surface area contributed by atoms with Crippen LogP contribution in [0.4, 0.5) is 4.79 Å². The number of alkyl carbamates (subject to hydrolysis) is 1. The molecule has 152 valence electrons. The zero-order chi connectivity index (χ0) is 20.7. The van der Waals surface area contributed by atoms with Crippen molar-refractivity contribution >= 4 is 22.2 Å². The van der Waals surface area contributed by atoms with Crippen molar-refractivity contribution in [2.24, 2.45) is 0 Å². The molecule has 0 aliphatic heterocycles. The lowest BCUT2D eigenvalue weighted by atomic mass is 10.2. The second kappa shape index (κ2) is 9.70. The van der Waals surface area contributed by atoms with Gasteiger partial charge < -0.3 is 14.8 Å². The molecular formula is C18H27NO7S. The van der Waals surface area contributed by atoms with Crippen molar-refractivity contribution in [2.75, 3.05) is 13.2 Å². The third kappa shape index (κ3) is 8.40. The zero-order valence-electron chi connectivity index (χ0n) is 16.3. The standard InChI is InChI=1S/C18H27NO7S/c1-6-24-16(20)15(19-17(21)26-18(3,4)5)11-12-25-27(22,23)14-9-7-13(2)8-10-14/h7-10,15H,6,11-12H2,1-5H3,(H,19,21). The van der Waals surface area contributed by atoms with Gasteiger partial charge in [0.2, 0.25) is 0 Å². The second-order valence-electron chi connectivity index (χ2n) is 6.83. The normalized spacial score (nSPS) is 12.9. The summed E-state index contributed by atoms with van der Waals surface area (Å²) >= 11 is 0. The Bertz CT molecular complexity index is 736. The molecule has 0 heterocycles. The van der Waals surface area contributed by atoms with E-state index >= 15 is 0 Å². The van der Waals surface area contributed by atoms with Gasteiger partial charge in [0, 0.05) is 6.42 Å². The van der Waals surface area contributed by atoms with E-state index in [2.05, 4.69) is 5.32 Å². The number of nitrogens with one attached hydrogen (secondary N) is 1. The Hall–Kier alpha value is -2.13. The highest BCUT2D eigenvalue weighted by atomic mass is 32.2. The summed E-state index contributed by atoms with van der Waals surface area (Å²) in [5.41, 5.74) is 0.173. The third-order valence-electron chi connectivity index (χ3n) is 3.22. The van der Waals surface area contributed by atoms with Crippen LogP contribution >= 0.6 is 0 Å². The summed E-state index contributed by atoms with van der Waals surface area (Å²) in [6, 6.07) is 5.09. The van der Waals surface area contributed by atoms with Crippen LogP contribution in [0.15, 0.2) is 29.2 Å². The first-order valence-corrected chi connectivity index (χ1v) is 9.97. The van der Waals surface area contributed by atoms with Gasteiger partial charge in [-0.2, -0.15) is 8.42 Å². The smallest absolute Gasteiger partial charge is 0.408 e. The van der Waals surface area contributed by atoms with Crippen molar-refractivity contribution in [1.82, 2.24) is 5.32 Å². The maximum absolute atomic E-state index is 12.2. The van der Waals surface area contributed by atoms with Gasteiger partial charge in [0.05, 0.1) is 18.1 Å². The van der Waals surface area contributed by atoms with E-state index in [1.54, 1.807) is 39.8 Å². The van der Waals surface area contributed by atoms with E-state index in [0.29, 0.717) is 0 Å². The number of hydrogen-bond donors (Lipinski definition) is 1. The summed E-state index contributed by atoms with van der Waals surface area (Å²) in [5, 5.41) is 2.38. The summed E-state index contributed by atoms with van der Waals surface area (Å²) in [5.74, 6) is -0.695. The minimum absolute atomic E-state index is 0.0147. The maximum Gasteiger partial charge on any atom is 0.408 e. The van der Waals surface area contributed by atoms with E-state index in [-0.39, 0.29) is 24.5 Å². The molecule has 0 fully saturated rings. The predicted molar refractivity (Wildman–Crippen MR) is 98.7 cm³/mol. The van der Waals surface area contributed by atoms with Crippen molar-refractivity contribution < 1.29 is 31.7 Å². The lowest BCUT2D eigenvalue weighted by Crippen LogP contribution is -2.45. The van der Waals surface area contributed by atoms with E-state index < -0.39 is 33.8 Å². The summed E-state index contributed by atoms with van der Waals surface area (Å²) in [4.78, 5) is 23.9. The molecule has 0 spiro atoms. The molecule has 0 saturated carbocycles. The molecule has 0 radical (unpaired) electrons. The minimum Gasteiger partial charge on any atom is -0.464 e. The van der Waals surface area contributed by atoms with E-state index in [9.17, 15) is 18.0 Å². The van der Waals surface area contributed by atoms with Gasteiger partial charge >= 0.3 is 12.1 Å². The van der Waals surface area contributed by atoms with Gasteiger partial charge in [0.25, 0.3) is 10.1 Å². The lowest BCUT2D eigenvalue weighted by Gasteiger charge is -2.22. The quantitative estimate of drug-likeness (QED) is 0.527. The molecule has 1 amide bonds. The van der Waals surface area contributed by atoms with E-state index in [0.717, 1.165) is 5.56 Å². The van der Waals surface area contributed by atoms with E-state index in [1.807, 2.05) is 6.92 Å². The fourth-order valence-electron chi connectivity index (χ4n) is 1.99. The van der Waals surface area contributed by atoms with Crippen LogP contribution in [0, 0.1) is 6.92 Å². The summed E-state index contributed by atoms with van der Waals surface area (Å²) in [6.07, 6.45) is -0.898. The molecule has 1 unspecified atom stereocenters. The first kappa shape index (κ1) is 22.9. The van der Waals surface area contributed by atoms with Gasteiger partial charge in [-0.05, 0) is 46.8 Å². The van der Waals surface area contributed by atoms with Crippen molar-refractivity contribution in [3.63, 3.8) is 0 Å². The maximum atomic E-state index is 12.2. The zero-order valence-corrected chi connectivity index (χ0v) is 17.1. The highest BCUT2D eigenvalue weighted by molar-refractivity contribution is 7.86. The highest BCUT2D eigenvalue weighted by Crippen LogP contribution is 2.14. The summed E-state index contributed by atoms with van der Waals surface area (Å²) in [7, 11) is -3.96. The molecule has 27 heavy (non-hydrogen) atoms. The SMILES string of the molecule is CCOC(=O)C(CCOS(=O)(=O)c1ccc(C)cc1)NC(=O)OC(C)(C)C. The lowest BCUT2D eigenvalue weighted by molar-refractivity contribution is -0.146. The number of ether oxygens (including phenoxy) is 2. The Morgan fingerprint density at radius 3 is 2.26 bits per heavy atom. The number of amides is 1. The molecular weight excluding hydrogens is 374 g/mol. The van der Waals surface area contributed by atoms with Gasteiger partial charge in [-0.15, -0.1) is 0 Å². The molecule has 0 aliphatic rings. The second-order valence-corrected chi connectivity index (χ2v) is 8.44. The Morgan fingerprint density at radius 1 is 1.15 bits per heavy atom. The molecule has 0 saturated heterocycles. The number of esters is 1. The van der Waals surface area contributed by atoms with Gasteiger partial charge in [0.15, 0.2) is 0 Å². The third-order valence-corrected chi connectivity index (χ3v) is 4.54. The van der Waals surface area contributed by atoms with Gasteiger partial charge in [-0.25, -0.2) is 9.59 Å². The van der Waals surface area contributed by atoms with Crippen LogP contribution in [-0.2, 0) is 28.6 Å². The molecule has 1 N–H and O–H groups in total. The highest BCUT2D eigenvalue weighted by Gasteiger charge is 2.26. The largest absolute Gasteiger partial charge is 0.464 e. The van der Waals surface area contributed by atoms with Crippen molar-refractivity contribution in [2.45, 2.75) is 57.6 Å². The van der Waals surface area contributed by atoms with Crippen molar-refractivity contribution in [3.8, 4) is 0 Å². The monoisotopic (exact) mass is 401 g/mol. The Morgan fingerprint density at radius 2 is 1.74 bits per heavy atom. The summed E-state index contributed by atoms with van der Waals surface area (Å²) in [6.45, 7) is 8.32. The number of carbonyl (C=O) groups is 2. The molecule has 0 bridgehead atoms. The van der Waals surface area contributed by atoms with Crippen LogP contribution in [-0.4, -0.2) is 45.3 Å². The van der Waals surface area contributed by atoms with E-state index in [1.165, 1.54) is 12.1 Å².